The fraction of sp³-hybridized carbons (Fsp3) is 0.438. The van der Waals surface area contributed by atoms with E-state index in [1.165, 1.54) is 0 Å². The second kappa shape index (κ2) is 7.82. The molecule has 0 amide bonds. The molecule has 3 nitrogen and oxygen atoms in total. The highest BCUT2D eigenvalue weighted by molar-refractivity contribution is 7.98. The number of thiazole rings is 1. The molecule has 0 aliphatic heterocycles. The lowest BCUT2D eigenvalue weighted by Gasteiger charge is -2.23. The Kier molecular flexibility index (Phi) is 6.08. The van der Waals surface area contributed by atoms with Gasteiger partial charge in [-0.15, -0.1) is 0 Å². The van der Waals surface area contributed by atoms with E-state index in [0.717, 1.165) is 33.4 Å². The molecule has 0 spiro atoms. The third-order valence-electron chi connectivity index (χ3n) is 3.58. The van der Waals surface area contributed by atoms with Gasteiger partial charge in [0.1, 0.15) is 0 Å². The van der Waals surface area contributed by atoms with Crippen molar-refractivity contribution in [2.45, 2.75) is 26.0 Å². The van der Waals surface area contributed by atoms with Crippen LogP contribution in [-0.2, 0) is 6.61 Å². The van der Waals surface area contributed by atoms with Crippen molar-refractivity contribution < 1.29 is 5.11 Å². The van der Waals surface area contributed by atoms with Crippen LogP contribution < -0.4 is 4.90 Å². The Morgan fingerprint density at radius 1 is 1.33 bits per heavy atom. The minimum absolute atomic E-state index is 0.0366. The summed E-state index contributed by atoms with van der Waals surface area (Å²) in [6.45, 7) is 2.26. The SMILES string of the molecule is CSCCC(C)N(C)c1nc(-c2ccccc2)c(CO)s1. The van der Waals surface area contributed by atoms with Gasteiger partial charge in [-0.3, -0.25) is 0 Å². The summed E-state index contributed by atoms with van der Waals surface area (Å²) in [6.07, 6.45) is 3.26. The van der Waals surface area contributed by atoms with Gasteiger partial charge in [0.2, 0.25) is 0 Å². The Bertz CT molecular complexity index is 557. The lowest BCUT2D eigenvalue weighted by Crippen LogP contribution is -2.29. The van der Waals surface area contributed by atoms with Gasteiger partial charge in [0.25, 0.3) is 0 Å². The Balaban J connectivity index is 2.24. The normalized spacial score (nSPS) is 12.4. The minimum atomic E-state index is 0.0366. The van der Waals surface area contributed by atoms with E-state index in [-0.39, 0.29) is 6.61 Å². The Morgan fingerprint density at radius 3 is 2.67 bits per heavy atom. The van der Waals surface area contributed by atoms with Gasteiger partial charge in [-0.05, 0) is 25.4 Å². The van der Waals surface area contributed by atoms with Crippen molar-refractivity contribution in [1.82, 2.24) is 4.98 Å². The third-order valence-corrected chi connectivity index (χ3v) is 5.35. The molecule has 0 saturated heterocycles. The van der Waals surface area contributed by atoms with E-state index >= 15 is 0 Å². The van der Waals surface area contributed by atoms with Gasteiger partial charge in [0.15, 0.2) is 5.13 Å². The van der Waals surface area contributed by atoms with Crippen molar-refractivity contribution in [3.63, 3.8) is 0 Å². The van der Waals surface area contributed by atoms with Crippen molar-refractivity contribution in [3.05, 3.63) is 35.2 Å². The summed E-state index contributed by atoms with van der Waals surface area (Å²) in [6, 6.07) is 10.5. The van der Waals surface area contributed by atoms with E-state index in [0.29, 0.717) is 6.04 Å². The zero-order valence-corrected chi connectivity index (χ0v) is 14.4. The molecule has 5 heteroatoms. The standard InChI is InChI=1S/C16H22N2OS2/c1-12(9-10-20-3)18(2)16-17-15(14(11-19)21-16)13-7-5-4-6-8-13/h4-8,12,19H,9-11H2,1-3H3. The van der Waals surface area contributed by atoms with E-state index in [9.17, 15) is 5.11 Å². The van der Waals surface area contributed by atoms with E-state index in [1.54, 1.807) is 11.3 Å². The molecule has 1 aromatic carbocycles. The highest BCUT2D eigenvalue weighted by Gasteiger charge is 2.18. The fourth-order valence-corrected chi connectivity index (χ4v) is 3.67. The first-order valence-corrected chi connectivity index (χ1v) is 9.26. The first-order valence-electron chi connectivity index (χ1n) is 7.05. The summed E-state index contributed by atoms with van der Waals surface area (Å²) in [4.78, 5) is 7.90. The molecule has 0 fully saturated rings. The molecule has 1 atom stereocenters. The molecule has 1 aromatic heterocycles. The predicted octanol–water partition coefficient (Wildman–Crippen LogP) is 3.88. The van der Waals surface area contributed by atoms with Crippen molar-refractivity contribution in [3.8, 4) is 11.3 Å². The fourth-order valence-electron chi connectivity index (χ4n) is 2.09. The number of aliphatic hydroxyl groups excluding tert-OH is 1. The molecule has 1 N–H and O–H groups in total. The van der Waals surface area contributed by atoms with Crippen LogP contribution in [0.4, 0.5) is 5.13 Å². The maximum absolute atomic E-state index is 9.60. The highest BCUT2D eigenvalue weighted by Crippen LogP contribution is 2.33. The molecule has 0 radical (unpaired) electrons. The van der Waals surface area contributed by atoms with Gasteiger partial charge in [-0.1, -0.05) is 41.7 Å². The number of anilines is 1. The number of hydrogen-bond donors (Lipinski definition) is 1. The minimum Gasteiger partial charge on any atom is -0.391 e. The van der Waals surface area contributed by atoms with Gasteiger partial charge < -0.3 is 10.0 Å². The molecule has 2 rings (SSSR count). The van der Waals surface area contributed by atoms with Crippen LogP contribution in [0.1, 0.15) is 18.2 Å². The molecule has 0 aliphatic carbocycles. The van der Waals surface area contributed by atoms with Crippen LogP contribution in [0.25, 0.3) is 11.3 Å². The number of aromatic nitrogens is 1. The van der Waals surface area contributed by atoms with E-state index in [4.69, 9.17) is 4.98 Å². The summed E-state index contributed by atoms with van der Waals surface area (Å²) in [5.41, 5.74) is 1.97. The van der Waals surface area contributed by atoms with Crippen LogP contribution in [0.2, 0.25) is 0 Å². The van der Waals surface area contributed by atoms with E-state index < -0.39 is 0 Å². The number of hydrogen-bond acceptors (Lipinski definition) is 5. The van der Waals surface area contributed by atoms with Gasteiger partial charge in [0.05, 0.1) is 17.2 Å². The molecule has 0 bridgehead atoms. The maximum atomic E-state index is 9.60. The van der Waals surface area contributed by atoms with Gasteiger partial charge in [-0.2, -0.15) is 11.8 Å². The second-order valence-electron chi connectivity index (χ2n) is 5.03. The largest absolute Gasteiger partial charge is 0.391 e. The Morgan fingerprint density at radius 2 is 2.05 bits per heavy atom. The summed E-state index contributed by atoms with van der Waals surface area (Å²) < 4.78 is 0. The lowest BCUT2D eigenvalue weighted by atomic mass is 10.1. The average Bonchev–Trinajstić information content (AvgIpc) is 2.97. The van der Waals surface area contributed by atoms with E-state index in [2.05, 4.69) is 25.1 Å². The Hall–Kier alpha value is -1.04. The Labute approximate surface area is 135 Å². The van der Waals surface area contributed by atoms with Crippen molar-refractivity contribution >= 4 is 28.2 Å². The van der Waals surface area contributed by atoms with Crippen molar-refractivity contribution in [2.75, 3.05) is 24.0 Å². The van der Waals surface area contributed by atoms with Gasteiger partial charge >= 0.3 is 0 Å². The number of nitrogens with zero attached hydrogens (tertiary/aromatic N) is 2. The van der Waals surface area contributed by atoms with E-state index in [1.807, 2.05) is 42.1 Å². The zero-order chi connectivity index (χ0) is 15.2. The second-order valence-corrected chi connectivity index (χ2v) is 7.08. The maximum Gasteiger partial charge on any atom is 0.186 e. The topological polar surface area (TPSA) is 36.4 Å². The molecule has 1 heterocycles. The van der Waals surface area contributed by atoms with Crippen molar-refractivity contribution in [1.29, 1.82) is 0 Å². The molecule has 21 heavy (non-hydrogen) atoms. The zero-order valence-electron chi connectivity index (χ0n) is 12.7. The summed E-state index contributed by atoms with van der Waals surface area (Å²) in [7, 11) is 2.08. The first kappa shape index (κ1) is 16.3. The van der Waals surface area contributed by atoms with Crippen LogP contribution in [-0.4, -0.2) is 35.2 Å². The molecule has 0 aliphatic rings. The molecule has 2 aromatic rings. The molecule has 114 valence electrons. The average molecular weight is 322 g/mol. The van der Waals surface area contributed by atoms with Crippen LogP contribution in [0.15, 0.2) is 30.3 Å². The molecular weight excluding hydrogens is 300 g/mol. The number of thioether (sulfide) groups is 1. The number of benzene rings is 1. The smallest absolute Gasteiger partial charge is 0.186 e. The molecule has 1 unspecified atom stereocenters. The highest BCUT2D eigenvalue weighted by atomic mass is 32.2. The van der Waals surface area contributed by atoms with Gasteiger partial charge in [-0.25, -0.2) is 4.98 Å². The number of aliphatic hydroxyl groups is 1. The number of rotatable bonds is 7. The summed E-state index contributed by atoms with van der Waals surface area (Å²) in [5, 5.41) is 10.6. The summed E-state index contributed by atoms with van der Waals surface area (Å²) in [5.74, 6) is 1.15. The monoisotopic (exact) mass is 322 g/mol. The quantitative estimate of drug-likeness (QED) is 0.839. The van der Waals surface area contributed by atoms with Crippen LogP contribution in [0, 0.1) is 0 Å². The lowest BCUT2D eigenvalue weighted by molar-refractivity contribution is 0.286. The van der Waals surface area contributed by atoms with Crippen LogP contribution in [0.3, 0.4) is 0 Å². The molecular formula is C16H22N2OS2. The van der Waals surface area contributed by atoms with Crippen LogP contribution in [0.5, 0.6) is 0 Å². The summed E-state index contributed by atoms with van der Waals surface area (Å²) >= 11 is 3.45. The van der Waals surface area contributed by atoms with Crippen LogP contribution >= 0.6 is 23.1 Å². The van der Waals surface area contributed by atoms with Crippen molar-refractivity contribution in [2.24, 2.45) is 0 Å². The first-order chi connectivity index (χ1) is 10.2. The van der Waals surface area contributed by atoms with Gasteiger partial charge in [0, 0.05) is 18.7 Å². The molecule has 0 saturated carbocycles. The third kappa shape index (κ3) is 3.99. The predicted molar refractivity (Wildman–Crippen MR) is 94.3 cm³/mol.